The molecule has 0 radical (unpaired) electrons. The number of allylic oxidation sites excluding steroid dienone is 1. The molecule has 296 valence electrons. The van der Waals surface area contributed by atoms with Gasteiger partial charge in [0.25, 0.3) is 0 Å². The van der Waals surface area contributed by atoms with Gasteiger partial charge in [0, 0.05) is 30.6 Å². The van der Waals surface area contributed by atoms with E-state index in [0.29, 0.717) is 5.56 Å². The molecule has 0 aliphatic heterocycles. The van der Waals surface area contributed by atoms with E-state index in [0.717, 1.165) is 24.0 Å². The molecule has 2 saturated carbocycles. The molecule has 21 heteroatoms. The molecule has 2 bridgehead atoms. The zero-order chi connectivity index (χ0) is 40.4. The fourth-order valence-electron chi connectivity index (χ4n) is 6.11. The summed E-state index contributed by atoms with van der Waals surface area (Å²) in [6.07, 6.45) is -7.39. The number of halogens is 17. The van der Waals surface area contributed by atoms with Crippen LogP contribution in [0, 0.1) is 16.7 Å². The van der Waals surface area contributed by atoms with Gasteiger partial charge < -0.3 is 5.32 Å². The quantitative estimate of drug-likeness (QED) is 0.109. The third-order valence-corrected chi connectivity index (χ3v) is 11.0. The lowest BCUT2D eigenvalue weighted by Gasteiger charge is -2.42. The van der Waals surface area contributed by atoms with Crippen LogP contribution in [0.4, 0.5) is 74.6 Å². The Labute approximate surface area is 289 Å². The lowest BCUT2D eigenvalue weighted by Crippen LogP contribution is -2.74. The van der Waals surface area contributed by atoms with Crippen molar-refractivity contribution in [3.8, 4) is 0 Å². The monoisotopic (exact) mass is 803 g/mol. The fraction of sp³-hybridized carbons (Fsp3) is 0.677. The maximum atomic E-state index is 14.0. The van der Waals surface area contributed by atoms with Crippen LogP contribution in [0.1, 0.15) is 57.6 Å². The van der Waals surface area contributed by atoms with E-state index in [-0.39, 0.29) is 35.4 Å². The summed E-state index contributed by atoms with van der Waals surface area (Å²) in [6, 6.07) is 6.65. The zero-order valence-corrected chi connectivity index (χ0v) is 27.9. The van der Waals surface area contributed by atoms with Gasteiger partial charge in [-0.3, -0.25) is 9.59 Å². The first kappa shape index (κ1) is 43.7. The second-order valence-electron chi connectivity index (χ2n) is 13.4. The Bertz CT molecular complexity index is 1540. The standard InChI is InChI=1S/C31H30F17NO2S/c1-22(2)19-8-10-23(22,3)21(51)18(19)14-16-4-6-17(7-5-16)15-49-20(50)9-12-52-13-11-24(32,33)25(34,35)26(36,37)27(38,39)28(40,41)29(42,43)30(44,45)31(46,47)48/h4-7,14,19H,8-13,15H2,1-3H3,(H,49,50). The molecular weight excluding hydrogens is 773 g/mol. The summed E-state index contributed by atoms with van der Waals surface area (Å²) in [5.74, 6) is -58.9. The number of amides is 1. The molecule has 2 aliphatic rings. The Balaban J connectivity index is 1.54. The topological polar surface area (TPSA) is 46.2 Å². The molecule has 0 aromatic heterocycles. The minimum Gasteiger partial charge on any atom is -0.352 e. The number of fused-ring (bicyclic) bond motifs is 2. The van der Waals surface area contributed by atoms with Gasteiger partial charge in [-0.2, -0.15) is 86.4 Å². The summed E-state index contributed by atoms with van der Waals surface area (Å²) < 4.78 is 228. The van der Waals surface area contributed by atoms with Crippen LogP contribution in [0.25, 0.3) is 6.08 Å². The third kappa shape index (κ3) is 6.66. The molecule has 1 aromatic carbocycles. The smallest absolute Gasteiger partial charge is 0.352 e. The largest absolute Gasteiger partial charge is 0.460 e. The van der Waals surface area contributed by atoms with Crippen LogP contribution in [0.15, 0.2) is 29.8 Å². The molecule has 1 N–H and O–H groups in total. The molecule has 2 aliphatic carbocycles. The van der Waals surface area contributed by atoms with Crippen molar-refractivity contribution in [1.82, 2.24) is 5.32 Å². The molecule has 2 unspecified atom stereocenters. The van der Waals surface area contributed by atoms with Crippen molar-refractivity contribution >= 4 is 29.5 Å². The van der Waals surface area contributed by atoms with E-state index in [2.05, 4.69) is 19.2 Å². The van der Waals surface area contributed by atoms with Crippen LogP contribution in [-0.4, -0.2) is 70.8 Å². The number of benzene rings is 1. The molecule has 0 heterocycles. The van der Waals surface area contributed by atoms with Crippen LogP contribution < -0.4 is 5.32 Å². The molecule has 1 aromatic rings. The number of alkyl halides is 17. The average Bonchev–Trinajstić information content (AvgIpc) is 3.32. The second-order valence-corrected chi connectivity index (χ2v) is 14.6. The number of hydrogen-bond donors (Lipinski definition) is 1. The van der Waals surface area contributed by atoms with Gasteiger partial charge in [0.05, 0.1) is 0 Å². The van der Waals surface area contributed by atoms with Crippen molar-refractivity contribution in [1.29, 1.82) is 0 Å². The predicted octanol–water partition coefficient (Wildman–Crippen LogP) is 10.2. The normalized spacial score (nSPS) is 22.7. The lowest BCUT2D eigenvalue weighted by atomic mass is 9.70. The highest BCUT2D eigenvalue weighted by atomic mass is 32.2. The molecule has 2 atom stereocenters. The molecular formula is C31H30F17NO2S. The summed E-state index contributed by atoms with van der Waals surface area (Å²) in [7, 11) is 0. The van der Waals surface area contributed by atoms with Gasteiger partial charge >= 0.3 is 47.6 Å². The third-order valence-electron chi connectivity index (χ3n) is 9.98. The SMILES string of the molecule is CC12CCC(C(=Cc3ccc(CNC(=O)CCSCCC(F)(F)C(F)(F)C(F)(F)C(F)(F)C(F)(F)C(F)(F)C(F)(F)C(F)(F)F)cc3)C1=O)C2(C)C. The number of carbonyl (C=O) groups is 2. The summed E-state index contributed by atoms with van der Waals surface area (Å²) in [5, 5.41) is 2.42. The van der Waals surface area contributed by atoms with Crippen molar-refractivity contribution in [3.05, 3.63) is 41.0 Å². The number of carbonyl (C=O) groups excluding carboxylic acids is 2. The van der Waals surface area contributed by atoms with E-state index in [1.807, 2.05) is 6.92 Å². The van der Waals surface area contributed by atoms with Crippen LogP contribution in [0.3, 0.4) is 0 Å². The number of ketones is 1. The highest BCUT2D eigenvalue weighted by Crippen LogP contribution is 2.66. The summed E-state index contributed by atoms with van der Waals surface area (Å²) >= 11 is 0.169. The molecule has 52 heavy (non-hydrogen) atoms. The Kier molecular flexibility index (Phi) is 11.4. The average molecular weight is 804 g/mol. The highest BCUT2D eigenvalue weighted by Gasteiger charge is 2.95. The first-order valence-corrected chi connectivity index (χ1v) is 16.3. The van der Waals surface area contributed by atoms with Crippen molar-refractivity contribution in [2.75, 3.05) is 11.5 Å². The first-order valence-electron chi connectivity index (χ1n) is 15.1. The van der Waals surface area contributed by atoms with Crippen molar-refractivity contribution in [2.45, 2.75) is 101 Å². The lowest BCUT2D eigenvalue weighted by molar-refractivity contribution is -0.461. The van der Waals surface area contributed by atoms with Crippen LogP contribution in [-0.2, 0) is 16.1 Å². The maximum absolute atomic E-state index is 14.0. The number of Topliss-reactive ketones (excluding diaryl/α,β-unsaturated/α-hetero) is 1. The van der Waals surface area contributed by atoms with Gasteiger partial charge in [-0.25, -0.2) is 0 Å². The zero-order valence-electron chi connectivity index (χ0n) is 27.1. The van der Waals surface area contributed by atoms with E-state index in [1.54, 1.807) is 30.3 Å². The van der Waals surface area contributed by atoms with Gasteiger partial charge in [-0.1, -0.05) is 45.0 Å². The van der Waals surface area contributed by atoms with Crippen LogP contribution in [0.5, 0.6) is 0 Å². The molecule has 1 amide bonds. The first-order chi connectivity index (χ1) is 23.2. The van der Waals surface area contributed by atoms with Gasteiger partial charge in [0.15, 0.2) is 5.78 Å². The maximum Gasteiger partial charge on any atom is 0.460 e. The summed E-state index contributed by atoms with van der Waals surface area (Å²) in [5.41, 5.74) is 1.36. The van der Waals surface area contributed by atoms with E-state index in [9.17, 15) is 84.2 Å². The van der Waals surface area contributed by atoms with Gasteiger partial charge in [-0.15, -0.1) is 0 Å². The minimum atomic E-state index is -8.66. The molecule has 3 rings (SSSR count). The Morgan fingerprint density at radius 1 is 0.750 bits per heavy atom. The Morgan fingerprint density at radius 2 is 1.23 bits per heavy atom. The number of nitrogens with one attached hydrogen (secondary N) is 1. The van der Waals surface area contributed by atoms with E-state index in [1.165, 1.54) is 0 Å². The highest BCUT2D eigenvalue weighted by molar-refractivity contribution is 7.99. The van der Waals surface area contributed by atoms with E-state index in [4.69, 9.17) is 0 Å². The minimum absolute atomic E-state index is 0.0703. The van der Waals surface area contributed by atoms with Gasteiger partial charge in [-0.05, 0) is 52.7 Å². The number of hydrogen-bond acceptors (Lipinski definition) is 3. The van der Waals surface area contributed by atoms with Gasteiger partial charge in [0.2, 0.25) is 5.91 Å². The van der Waals surface area contributed by atoms with Crippen molar-refractivity contribution < 1.29 is 84.2 Å². The number of thioether (sulfide) groups is 1. The van der Waals surface area contributed by atoms with Crippen molar-refractivity contribution in [3.63, 3.8) is 0 Å². The molecule has 2 fully saturated rings. The fourth-order valence-corrected chi connectivity index (χ4v) is 7.05. The van der Waals surface area contributed by atoms with Crippen LogP contribution >= 0.6 is 11.8 Å². The van der Waals surface area contributed by atoms with Crippen LogP contribution in [0.2, 0.25) is 0 Å². The molecule has 0 spiro atoms. The summed E-state index contributed by atoms with van der Waals surface area (Å²) in [4.78, 5) is 25.1. The predicted molar refractivity (Wildman–Crippen MR) is 153 cm³/mol. The van der Waals surface area contributed by atoms with E-state index < -0.39 is 83.3 Å². The molecule has 3 nitrogen and oxygen atoms in total. The molecule has 0 saturated heterocycles. The van der Waals surface area contributed by atoms with E-state index >= 15 is 0 Å². The Hall–Kier alpha value is -2.74. The van der Waals surface area contributed by atoms with Crippen molar-refractivity contribution in [2.24, 2.45) is 16.7 Å². The second kappa shape index (κ2) is 13.5. The Morgan fingerprint density at radius 3 is 1.69 bits per heavy atom. The van der Waals surface area contributed by atoms with Gasteiger partial charge in [0.1, 0.15) is 0 Å². The number of rotatable bonds is 15. The summed E-state index contributed by atoms with van der Waals surface area (Å²) in [6.45, 7) is 5.99.